The number of sulfonamides is 1. The zero-order valence-corrected chi connectivity index (χ0v) is 12.1. The molecular weight excluding hydrogens is 248 g/mol. The van der Waals surface area contributed by atoms with E-state index < -0.39 is 10.0 Å². The summed E-state index contributed by atoms with van der Waals surface area (Å²) < 4.78 is 26.4. The van der Waals surface area contributed by atoms with Crippen LogP contribution >= 0.6 is 0 Å². The molecule has 0 saturated heterocycles. The molecule has 0 amide bonds. The Balaban J connectivity index is 3.03. The zero-order valence-electron chi connectivity index (χ0n) is 11.3. The molecule has 1 aromatic carbocycles. The summed E-state index contributed by atoms with van der Waals surface area (Å²) in [5.41, 5.74) is 6.50. The number of hydrogen-bond donors (Lipinski definition) is 1. The molecule has 5 heteroatoms. The van der Waals surface area contributed by atoms with Gasteiger partial charge in [0.2, 0.25) is 10.0 Å². The highest BCUT2D eigenvalue weighted by molar-refractivity contribution is 7.89. The number of nitrogens with two attached hydrogens (primary N) is 1. The van der Waals surface area contributed by atoms with E-state index in [-0.39, 0.29) is 5.92 Å². The van der Waals surface area contributed by atoms with Crippen LogP contribution in [-0.4, -0.2) is 32.4 Å². The van der Waals surface area contributed by atoms with Crippen molar-refractivity contribution in [3.05, 3.63) is 29.8 Å². The van der Waals surface area contributed by atoms with Crippen LogP contribution in [0.3, 0.4) is 0 Å². The van der Waals surface area contributed by atoms with Crippen LogP contribution in [-0.2, 0) is 10.0 Å². The molecule has 0 bridgehead atoms. The van der Waals surface area contributed by atoms with Crippen molar-refractivity contribution in [3.8, 4) is 0 Å². The first-order valence-electron chi connectivity index (χ1n) is 6.18. The molecule has 0 saturated carbocycles. The van der Waals surface area contributed by atoms with Crippen molar-refractivity contribution < 1.29 is 8.42 Å². The lowest BCUT2D eigenvalue weighted by atomic mass is 10.2. The summed E-state index contributed by atoms with van der Waals surface area (Å²) in [5, 5.41) is 0. The molecule has 0 aromatic heterocycles. The van der Waals surface area contributed by atoms with Crippen molar-refractivity contribution in [2.24, 2.45) is 11.7 Å². The highest BCUT2D eigenvalue weighted by atomic mass is 32.2. The Morgan fingerprint density at radius 3 is 2.56 bits per heavy atom. The lowest BCUT2D eigenvalue weighted by Crippen LogP contribution is -2.36. The maximum Gasteiger partial charge on any atom is 0.243 e. The van der Waals surface area contributed by atoms with E-state index in [0.717, 1.165) is 5.56 Å². The third-order valence-electron chi connectivity index (χ3n) is 2.90. The molecule has 0 aliphatic rings. The van der Waals surface area contributed by atoms with Crippen molar-refractivity contribution in [2.75, 3.05) is 19.6 Å². The molecule has 0 aliphatic heterocycles. The van der Waals surface area contributed by atoms with E-state index in [1.54, 1.807) is 18.2 Å². The Morgan fingerprint density at radius 2 is 2.06 bits per heavy atom. The molecule has 102 valence electrons. The van der Waals surface area contributed by atoms with Crippen molar-refractivity contribution in [1.29, 1.82) is 0 Å². The van der Waals surface area contributed by atoms with Crippen molar-refractivity contribution >= 4 is 10.0 Å². The van der Waals surface area contributed by atoms with E-state index in [1.165, 1.54) is 4.31 Å². The summed E-state index contributed by atoms with van der Waals surface area (Å²) in [6, 6.07) is 6.99. The number of benzene rings is 1. The van der Waals surface area contributed by atoms with Crippen LogP contribution < -0.4 is 5.73 Å². The van der Waals surface area contributed by atoms with E-state index in [9.17, 15) is 8.42 Å². The molecule has 1 rings (SSSR count). The fraction of sp³-hybridized carbons (Fsp3) is 0.538. The predicted molar refractivity (Wildman–Crippen MR) is 73.8 cm³/mol. The first kappa shape index (κ1) is 15.1. The number of hydrogen-bond acceptors (Lipinski definition) is 3. The second kappa shape index (κ2) is 6.31. The predicted octanol–water partition coefficient (Wildman–Crippen LogP) is 1.60. The largest absolute Gasteiger partial charge is 0.330 e. The molecule has 0 heterocycles. The Kier molecular flexibility index (Phi) is 5.31. The minimum atomic E-state index is -3.40. The summed E-state index contributed by atoms with van der Waals surface area (Å²) in [6.07, 6.45) is 0. The average Bonchev–Trinajstić information content (AvgIpc) is 2.35. The fourth-order valence-electron chi connectivity index (χ4n) is 1.74. The lowest BCUT2D eigenvalue weighted by molar-refractivity contribution is 0.371. The van der Waals surface area contributed by atoms with Crippen LogP contribution in [0.25, 0.3) is 0 Å². The monoisotopic (exact) mass is 270 g/mol. The van der Waals surface area contributed by atoms with Gasteiger partial charge in [0.1, 0.15) is 0 Å². The van der Waals surface area contributed by atoms with Crippen LogP contribution in [0.5, 0.6) is 0 Å². The summed E-state index contributed by atoms with van der Waals surface area (Å²) >= 11 is 0. The van der Waals surface area contributed by atoms with Gasteiger partial charge >= 0.3 is 0 Å². The number of nitrogens with zero attached hydrogens (tertiary/aromatic N) is 1. The molecule has 1 unspecified atom stereocenters. The third kappa shape index (κ3) is 3.54. The van der Waals surface area contributed by atoms with E-state index in [2.05, 4.69) is 0 Å². The van der Waals surface area contributed by atoms with E-state index in [4.69, 9.17) is 5.73 Å². The summed E-state index contributed by atoms with van der Waals surface area (Å²) in [5.74, 6) is 0.157. The minimum Gasteiger partial charge on any atom is -0.330 e. The van der Waals surface area contributed by atoms with E-state index >= 15 is 0 Å². The molecule has 4 nitrogen and oxygen atoms in total. The van der Waals surface area contributed by atoms with Crippen LogP contribution in [0.1, 0.15) is 19.4 Å². The van der Waals surface area contributed by atoms with Gasteiger partial charge in [-0.3, -0.25) is 0 Å². The molecule has 1 atom stereocenters. The molecule has 0 radical (unpaired) electrons. The Hall–Kier alpha value is -0.910. The van der Waals surface area contributed by atoms with E-state index in [0.29, 0.717) is 24.5 Å². The minimum absolute atomic E-state index is 0.157. The zero-order chi connectivity index (χ0) is 13.8. The first-order valence-corrected chi connectivity index (χ1v) is 7.62. The SMILES string of the molecule is CCN(CC(C)CN)S(=O)(=O)c1cccc(C)c1. The van der Waals surface area contributed by atoms with Crippen LogP contribution in [0.15, 0.2) is 29.2 Å². The third-order valence-corrected chi connectivity index (χ3v) is 4.83. The average molecular weight is 270 g/mol. The Morgan fingerprint density at radius 1 is 1.39 bits per heavy atom. The van der Waals surface area contributed by atoms with Gasteiger partial charge in [-0.15, -0.1) is 0 Å². The summed E-state index contributed by atoms with van der Waals surface area (Å²) in [4.78, 5) is 0.355. The van der Waals surface area contributed by atoms with Gasteiger partial charge in [0.05, 0.1) is 4.90 Å². The summed E-state index contributed by atoms with van der Waals surface area (Å²) in [7, 11) is -3.40. The molecular formula is C13H22N2O2S. The van der Waals surface area contributed by atoms with Gasteiger partial charge in [-0.1, -0.05) is 26.0 Å². The number of rotatable bonds is 6. The van der Waals surface area contributed by atoms with E-state index in [1.807, 2.05) is 26.8 Å². The Labute approximate surface area is 110 Å². The van der Waals surface area contributed by atoms with Gasteiger partial charge in [0.25, 0.3) is 0 Å². The Bertz CT molecular complexity index is 486. The normalized spacial score (nSPS) is 13.8. The van der Waals surface area contributed by atoms with Crippen molar-refractivity contribution in [3.63, 3.8) is 0 Å². The highest BCUT2D eigenvalue weighted by Gasteiger charge is 2.24. The molecule has 1 aromatic rings. The molecule has 0 fully saturated rings. The second-order valence-corrected chi connectivity index (χ2v) is 6.55. The highest BCUT2D eigenvalue weighted by Crippen LogP contribution is 2.17. The maximum atomic E-state index is 12.5. The molecule has 0 spiro atoms. The topological polar surface area (TPSA) is 63.4 Å². The lowest BCUT2D eigenvalue weighted by Gasteiger charge is -2.23. The smallest absolute Gasteiger partial charge is 0.243 e. The van der Waals surface area contributed by atoms with Crippen LogP contribution in [0.2, 0.25) is 0 Å². The van der Waals surface area contributed by atoms with Crippen LogP contribution in [0.4, 0.5) is 0 Å². The van der Waals surface area contributed by atoms with Crippen molar-refractivity contribution in [2.45, 2.75) is 25.7 Å². The van der Waals surface area contributed by atoms with Crippen LogP contribution in [0, 0.1) is 12.8 Å². The standard InChI is InChI=1S/C13H22N2O2S/c1-4-15(10-12(3)9-14)18(16,17)13-7-5-6-11(2)8-13/h5-8,12H,4,9-10,14H2,1-3H3. The summed E-state index contributed by atoms with van der Waals surface area (Å²) in [6.45, 7) is 7.09. The van der Waals surface area contributed by atoms with Gasteiger partial charge in [0, 0.05) is 13.1 Å². The first-order chi connectivity index (χ1) is 8.41. The maximum absolute atomic E-state index is 12.5. The molecule has 2 N–H and O–H groups in total. The van der Waals surface area contributed by atoms with Gasteiger partial charge in [-0.05, 0) is 37.1 Å². The van der Waals surface area contributed by atoms with Crippen molar-refractivity contribution in [1.82, 2.24) is 4.31 Å². The number of aryl methyl sites for hydroxylation is 1. The van der Waals surface area contributed by atoms with Gasteiger partial charge in [-0.25, -0.2) is 8.42 Å². The molecule has 0 aliphatic carbocycles. The van der Waals surface area contributed by atoms with Gasteiger partial charge in [-0.2, -0.15) is 4.31 Å². The molecule has 18 heavy (non-hydrogen) atoms. The van der Waals surface area contributed by atoms with Gasteiger partial charge < -0.3 is 5.73 Å². The second-order valence-electron chi connectivity index (χ2n) is 4.61. The van der Waals surface area contributed by atoms with Gasteiger partial charge in [0.15, 0.2) is 0 Å². The fourth-order valence-corrected chi connectivity index (χ4v) is 3.42. The quantitative estimate of drug-likeness (QED) is 0.854.